The van der Waals surface area contributed by atoms with Gasteiger partial charge in [-0.1, -0.05) is 11.3 Å². The number of benzene rings is 1. The van der Waals surface area contributed by atoms with Crippen LogP contribution in [-0.4, -0.2) is 77.0 Å². The number of aromatic nitrogens is 4. The molecule has 12 heteroatoms. The SMILES string of the molecule is CCn1nc2ncc(N3CC4(CN(C(=O)C5CCOCC5)C4)C3)cc2c1N(C)c1nc(-c2ccc(F)cc2)c(C#N)s1. The molecule has 3 fully saturated rings. The molecule has 3 aromatic heterocycles. The lowest BCUT2D eigenvalue weighted by molar-refractivity contribution is -0.152. The van der Waals surface area contributed by atoms with Crippen molar-refractivity contribution >= 4 is 44.9 Å². The molecule has 3 aliphatic heterocycles. The summed E-state index contributed by atoms with van der Waals surface area (Å²) in [4.78, 5) is 29.1. The van der Waals surface area contributed by atoms with Crippen LogP contribution < -0.4 is 9.80 Å². The number of fused-ring (bicyclic) bond motifs is 1. The number of hydrogen-bond acceptors (Lipinski definition) is 9. The number of thiazole rings is 1. The topological polar surface area (TPSA) is 103 Å². The zero-order chi connectivity index (χ0) is 29.0. The van der Waals surface area contributed by atoms with Crippen LogP contribution in [-0.2, 0) is 16.1 Å². The number of nitrogens with zero attached hydrogens (tertiary/aromatic N) is 8. The molecule has 1 amide bonds. The van der Waals surface area contributed by atoms with E-state index in [0.717, 1.165) is 55.9 Å². The number of amides is 1. The van der Waals surface area contributed by atoms with Crippen LogP contribution in [0.4, 0.5) is 21.0 Å². The fraction of sp³-hybridized carbons (Fsp3) is 0.433. The highest BCUT2D eigenvalue weighted by Crippen LogP contribution is 2.44. The Morgan fingerprint density at radius 1 is 1.21 bits per heavy atom. The molecule has 6 heterocycles. The van der Waals surface area contributed by atoms with Gasteiger partial charge in [0, 0.05) is 69.9 Å². The maximum atomic E-state index is 13.5. The van der Waals surface area contributed by atoms with Gasteiger partial charge in [0.2, 0.25) is 5.91 Å². The number of carbonyl (C=O) groups is 1. The molecule has 4 aromatic rings. The lowest BCUT2D eigenvalue weighted by Gasteiger charge is -2.61. The fourth-order valence-corrected chi connectivity index (χ4v) is 7.28. The lowest BCUT2D eigenvalue weighted by Crippen LogP contribution is -2.73. The first-order chi connectivity index (χ1) is 20.4. The number of pyridine rings is 1. The van der Waals surface area contributed by atoms with E-state index in [2.05, 4.69) is 17.0 Å². The maximum absolute atomic E-state index is 13.5. The summed E-state index contributed by atoms with van der Waals surface area (Å²) < 4.78 is 20.8. The van der Waals surface area contributed by atoms with Gasteiger partial charge in [0.1, 0.15) is 28.3 Å². The van der Waals surface area contributed by atoms with E-state index < -0.39 is 0 Å². The van der Waals surface area contributed by atoms with E-state index >= 15 is 0 Å². The van der Waals surface area contributed by atoms with Crippen molar-refractivity contribution in [1.29, 1.82) is 5.26 Å². The Kier molecular flexibility index (Phi) is 6.59. The summed E-state index contributed by atoms with van der Waals surface area (Å²) in [6.07, 6.45) is 3.53. The van der Waals surface area contributed by atoms with E-state index in [1.165, 1.54) is 23.5 Å². The summed E-state index contributed by atoms with van der Waals surface area (Å²) in [5.41, 5.74) is 3.05. The minimum absolute atomic E-state index is 0.109. The normalized spacial score (nSPS) is 18.1. The average molecular weight is 587 g/mol. The van der Waals surface area contributed by atoms with Crippen molar-refractivity contribution in [3.63, 3.8) is 0 Å². The van der Waals surface area contributed by atoms with E-state index in [-0.39, 0.29) is 23.1 Å². The molecule has 0 N–H and O–H groups in total. The smallest absolute Gasteiger partial charge is 0.225 e. The Labute approximate surface area is 246 Å². The van der Waals surface area contributed by atoms with Gasteiger partial charge >= 0.3 is 0 Å². The highest BCUT2D eigenvalue weighted by atomic mass is 32.1. The summed E-state index contributed by atoms with van der Waals surface area (Å²) >= 11 is 1.29. The van der Waals surface area contributed by atoms with Gasteiger partial charge in [0.05, 0.1) is 17.3 Å². The van der Waals surface area contributed by atoms with Gasteiger partial charge in [0.25, 0.3) is 0 Å². The molecule has 216 valence electrons. The predicted octanol–water partition coefficient (Wildman–Crippen LogP) is 4.43. The molecule has 0 radical (unpaired) electrons. The van der Waals surface area contributed by atoms with Crippen molar-refractivity contribution in [2.24, 2.45) is 11.3 Å². The van der Waals surface area contributed by atoms with Crippen molar-refractivity contribution in [2.45, 2.75) is 26.3 Å². The fourth-order valence-electron chi connectivity index (χ4n) is 6.43. The number of nitriles is 1. The number of anilines is 3. The van der Waals surface area contributed by atoms with Crippen LogP contribution in [0.2, 0.25) is 0 Å². The molecular weight excluding hydrogens is 555 g/mol. The molecule has 0 aliphatic carbocycles. The van der Waals surface area contributed by atoms with Crippen molar-refractivity contribution in [2.75, 3.05) is 56.2 Å². The van der Waals surface area contributed by atoms with Crippen LogP contribution in [0, 0.1) is 28.5 Å². The van der Waals surface area contributed by atoms with E-state index in [0.29, 0.717) is 46.7 Å². The van der Waals surface area contributed by atoms with Crippen LogP contribution in [0.5, 0.6) is 0 Å². The van der Waals surface area contributed by atoms with Gasteiger partial charge in [-0.25, -0.2) is 19.0 Å². The third-order valence-electron chi connectivity index (χ3n) is 8.64. The van der Waals surface area contributed by atoms with Gasteiger partial charge in [-0.15, -0.1) is 0 Å². The number of halogens is 1. The zero-order valence-electron chi connectivity index (χ0n) is 23.6. The monoisotopic (exact) mass is 586 g/mol. The first-order valence-corrected chi connectivity index (χ1v) is 15.1. The first kappa shape index (κ1) is 26.8. The quantitative estimate of drug-likeness (QED) is 0.327. The largest absolute Gasteiger partial charge is 0.381 e. The third kappa shape index (κ3) is 4.48. The van der Waals surface area contributed by atoms with Crippen LogP contribution in [0.25, 0.3) is 22.3 Å². The second-order valence-corrected chi connectivity index (χ2v) is 12.5. The van der Waals surface area contributed by atoms with Gasteiger partial charge in [-0.2, -0.15) is 10.4 Å². The molecule has 10 nitrogen and oxygen atoms in total. The molecule has 3 saturated heterocycles. The molecule has 3 aliphatic rings. The number of ether oxygens (including phenoxy) is 1. The Hall–Kier alpha value is -4.08. The highest BCUT2D eigenvalue weighted by molar-refractivity contribution is 7.16. The Morgan fingerprint density at radius 3 is 2.64 bits per heavy atom. The van der Waals surface area contributed by atoms with Crippen molar-refractivity contribution in [3.05, 3.63) is 47.2 Å². The molecule has 0 bridgehead atoms. The highest BCUT2D eigenvalue weighted by Gasteiger charge is 2.54. The molecule has 0 saturated carbocycles. The molecule has 1 spiro atoms. The van der Waals surface area contributed by atoms with Crippen molar-refractivity contribution in [1.82, 2.24) is 24.6 Å². The number of aryl methyl sites for hydroxylation is 1. The minimum atomic E-state index is -0.335. The van der Waals surface area contributed by atoms with Gasteiger partial charge in [-0.3, -0.25) is 4.79 Å². The van der Waals surface area contributed by atoms with Gasteiger partial charge < -0.3 is 19.4 Å². The summed E-state index contributed by atoms with van der Waals surface area (Å²) in [6, 6.07) is 10.4. The standard InChI is InChI=1S/C30H31FN8O2S/c1-3-39-27(36(2)29-34-25(24(13-32)42-29)19-4-6-21(31)7-5-19)23-12-22(14-33-26(23)35-39)37-15-30(16-37)17-38(18-30)28(40)20-8-10-41-11-9-20/h4-7,12,14,20H,3,8-11,15-18H2,1-2H3. The molecular formula is C30H31FN8O2S. The summed E-state index contributed by atoms with van der Waals surface area (Å²) in [5, 5.41) is 16.1. The molecule has 0 unspecified atom stereocenters. The van der Waals surface area contributed by atoms with Gasteiger partial charge in [-0.05, 0) is 50.1 Å². The lowest BCUT2D eigenvalue weighted by atomic mass is 9.72. The second-order valence-electron chi connectivity index (χ2n) is 11.5. The maximum Gasteiger partial charge on any atom is 0.225 e. The van der Waals surface area contributed by atoms with Crippen LogP contribution in [0.3, 0.4) is 0 Å². The Balaban J connectivity index is 1.11. The molecule has 1 aromatic carbocycles. The average Bonchev–Trinajstić information content (AvgIpc) is 3.57. The molecule has 42 heavy (non-hydrogen) atoms. The molecule has 7 rings (SSSR count). The number of hydrogen-bond donors (Lipinski definition) is 0. The minimum Gasteiger partial charge on any atom is -0.381 e. The zero-order valence-corrected chi connectivity index (χ0v) is 24.4. The molecule has 0 atom stereocenters. The van der Waals surface area contributed by atoms with Crippen molar-refractivity contribution in [3.8, 4) is 17.3 Å². The van der Waals surface area contributed by atoms with E-state index in [1.807, 2.05) is 34.6 Å². The number of likely N-dealkylation sites (tertiary alicyclic amines) is 1. The van der Waals surface area contributed by atoms with Gasteiger partial charge in [0.15, 0.2) is 10.8 Å². The van der Waals surface area contributed by atoms with E-state index in [9.17, 15) is 14.4 Å². The third-order valence-corrected chi connectivity index (χ3v) is 9.68. The first-order valence-electron chi connectivity index (χ1n) is 14.3. The Morgan fingerprint density at radius 2 is 1.95 bits per heavy atom. The summed E-state index contributed by atoms with van der Waals surface area (Å²) in [5.74, 6) is 0.906. The van der Waals surface area contributed by atoms with Crippen LogP contribution >= 0.6 is 11.3 Å². The number of rotatable bonds is 6. The van der Waals surface area contributed by atoms with Crippen LogP contribution in [0.1, 0.15) is 24.6 Å². The second kappa shape index (κ2) is 10.3. The summed E-state index contributed by atoms with van der Waals surface area (Å²) in [7, 11) is 1.92. The predicted molar refractivity (Wildman–Crippen MR) is 158 cm³/mol. The Bertz CT molecular complexity index is 1690. The summed E-state index contributed by atoms with van der Waals surface area (Å²) in [6.45, 7) is 7.45. The van der Waals surface area contributed by atoms with Crippen molar-refractivity contribution < 1.29 is 13.9 Å². The number of carbonyl (C=O) groups excluding carboxylic acids is 1. The van der Waals surface area contributed by atoms with E-state index in [1.54, 1.807) is 12.1 Å². The van der Waals surface area contributed by atoms with E-state index in [4.69, 9.17) is 19.8 Å². The van der Waals surface area contributed by atoms with Crippen LogP contribution in [0.15, 0.2) is 36.5 Å².